The minimum absolute atomic E-state index is 0.367. The largest absolute Gasteiger partial charge is 0.381 e. The van der Waals surface area contributed by atoms with E-state index in [0.717, 1.165) is 35.5 Å². The van der Waals surface area contributed by atoms with Gasteiger partial charge in [-0.15, -0.1) is 5.10 Å². The summed E-state index contributed by atoms with van der Waals surface area (Å²) in [7, 11) is 0. The van der Waals surface area contributed by atoms with Gasteiger partial charge in [0.05, 0.1) is 11.0 Å². The van der Waals surface area contributed by atoms with Crippen LogP contribution in [0.4, 0.5) is 5.82 Å². The van der Waals surface area contributed by atoms with Crippen molar-refractivity contribution in [3.05, 3.63) is 35.9 Å². The summed E-state index contributed by atoms with van der Waals surface area (Å²) < 4.78 is 1.70. The van der Waals surface area contributed by atoms with Crippen LogP contribution in [0.25, 0.3) is 16.9 Å². The second-order valence-corrected chi connectivity index (χ2v) is 4.48. The lowest BCUT2D eigenvalue weighted by molar-refractivity contribution is 0.771. The molecule has 2 N–H and O–H groups in total. The second-order valence-electron chi connectivity index (χ2n) is 4.48. The van der Waals surface area contributed by atoms with Crippen LogP contribution in [0.15, 0.2) is 24.3 Å². The van der Waals surface area contributed by atoms with Crippen LogP contribution >= 0.6 is 0 Å². The zero-order valence-corrected chi connectivity index (χ0v) is 11.5. The molecule has 2 heterocycles. The molecule has 0 amide bonds. The van der Waals surface area contributed by atoms with Crippen LogP contribution in [0.5, 0.6) is 0 Å². The quantitative estimate of drug-likeness (QED) is 0.784. The van der Waals surface area contributed by atoms with E-state index < -0.39 is 0 Å². The fraction of sp³-hybridized carbons (Fsp3) is 0.286. The van der Waals surface area contributed by atoms with Gasteiger partial charge in [-0.3, -0.25) is 0 Å². The van der Waals surface area contributed by atoms with E-state index in [1.165, 1.54) is 0 Å². The first-order valence-corrected chi connectivity index (χ1v) is 6.70. The van der Waals surface area contributed by atoms with Crippen LogP contribution in [0.3, 0.4) is 0 Å². The molecule has 1 aromatic carbocycles. The number of nitrogens with zero attached hydrogens (tertiary/aromatic N) is 5. The van der Waals surface area contributed by atoms with Crippen molar-refractivity contribution in [1.29, 1.82) is 0 Å². The molecule has 0 bridgehead atoms. The van der Waals surface area contributed by atoms with Gasteiger partial charge < -0.3 is 5.73 Å². The Balaban J connectivity index is 2.23. The number of fused-ring (bicyclic) bond motifs is 1. The van der Waals surface area contributed by atoms with E-state index in [-0.39, 0.29) is 0 Å². The van der Waals surface area contributed by atoms with Crippen LogP contribution in [0, 0.1) is 0 Å². The first-order valence-electron chi connectivity index (χ1n) is 6.70. The minimum atomic E-state index is 0.367. The molecule has 0 aliphatic carbocycles. The van der Waals surface area contributed by atoms with Crippen molar-refractivity contribution in [2.75, 3.05) is 5.73 Å². The SMILES string of the molecule is CCc1nc(CC)n(-c2nc3ccccc3nc2N)n1. The Kier molecular flexibility index (Phi) is 3.06. The van der Waals surface area contributed by atoms with Crippen molar-refractivity contribution in [2.45, 2.75) is 26.7 Å². The molecule has 0 unspecified atom stereocenters. The fourth-order valence-electron chi connectivity index (χ4n) is 2.10. The molecule has 0 aliphatic heterocycles. The molecular formula is C14H16N6. The lowest BCUT2D eigenvalue weighted by Crippen LogP contribution is -2.09. The lowest BCUT2D eigenvalue weighted by Gasteiger charge is -2.07. The summed E-state index contributed by atoms with van der Waals surface area (Å²) in [4.78, 5) is 13.4. The predicted octanol–water partition coefficient (Wildman–Crippen LogP) is 1.92. The summed E-state index contributed by atoms with van der Waals surface area (Å²) in [6.45, 7) is 4.05. The van der Waals surface area contributed by atoms with E-state index in [1.807, 2.05) is 38.1 Å². The van der Waals surface area contributed by atoms with Crippen molar-refractivity contribution >= 4 is 16.9 Å². The molecule has 6 nitrogen and oxygen atoms in total. The summed E-state index contributed by atoms with van der Waals surface area (Å²) in [6.07, 6.45) is 1.54. The molecule has 2 aromatic heterocycles. The number of aromatic nitrogens is 5. The van der Waals surface area contributed by atoms with Crippen LogP contribution < -0.4 is 5.73 Å². The van der Waals surface area contributed by atoms with Gasteiger partial charge >= 0.3 is 0 Å². The van der Waals surface area contributed by atoms with Crippen LogP contribution in [-0.2, 0) is 12.8 Å². The summed E-state index contributed by atoms with van der Waals surface area (Å²) >= 11 is 0. The smallest absolute Gasteiger partial charge is 0.198 e. The highest BCUT2D eigenvalue weighted by molar-refractivity contribution is 5.77. The molecule has 0 saturated carbocycles. The Hall–Kier alpha value is -2.50. The van der Waals surface area contributed by atoms with Gasteiger partial charge in [0.1, 0.15) is 5.82 Å². The molecule has 102 valence electrons. The maximum Gasteiger partial charge on any atom is 0.198 e. The molecule has 0 atom stereocenters. The summed E-state index contributed by atoms with van der Waals surface area (Å²) in [5, 5.41) is 4.46. The normalized spacial score (nSPS) is 11.1. The Morgan fingerprint density at radius 1 is 1.00 bits per heavy atom. The van der Waals surface area contributed by atoms with Gasteiger partial charge in [0.2, 0.25) is 0 Å². The first-order chi connectivity index (χ1) is 9.72. The van der Waals surface area contributed by atoms with Gasteiger partial charge in [0.25, 0.3) is 0 Å². The molecule has 20 heavy (non-hydrogen) atoms. The number of rotatable bonds is 3. The van der Waals surface area contributed by atoms with Crippen LogP contribution in [-0.4, -0.2) is 24.7 Å². The van der Waals surface area contributed by atoms with E-state index in [2.05, 4.69) is 20.1 Å². The van der Waals surface area contributed by atoms with Gasteiger partial charge in [-0.2, -0.15) is 4.68 Å². The molecule has 3 aromatic rings. The van der Waals surface area contributed by atoms with Crippen LogP contribution in [0.1, 0.15) is 25.5 Å². The highest BCUT2D eigenvalue weighted by atomic mass is 15.4. The number of nitrogens with two attached hydrogens (primary N) is 1. The number of nitrogen functional groups attached to an aromatic ring is 1. The summed E-state index contributed by atoms with van der Waals surface area (Å²) in [6, 6.07) is 7.64. The van der Waals surface area contributed by atoms with Crippen molar-refractivity contribution < 1.29 is 0 Å². The molecule has 0 fully saturated rings. The Bertz CT molecular complexity index is 761. The van der Waals surface area contributed by atoms with Crippen LogP contribution in [0.2, 0.25) is 0 Å². The maximum absolute atomic E-state index is 6.03. The number of aryl methyl sites for hydroxylation is 2. The molecule has 0 saturated heterocycles. The van der Waals surface area contributed by atoms with E-state index in [1.54, 1.807) is 4.68 Å². The topological polar surface area (TPSA) is 82.5 Å². The number of para-hydroxylation sites is 2. The van der Waals surface area contributed by atoms with Gasteiger partial charge in [0.15, 0.2) is 17.5 Å². The van der Waals surface area contributed by atoms with Gasteiger partial charge in [-0.25, -0.2) is 15.0 Å². The molecule has 0 radical (unpaired) electrons. The molecule has 0 aliphatic rings. The first kappa shape index (κ1) is 12.5. The zero-order valence-electron chi connectivity index (χ0n) is 11.5. The van der Waals surface area contributed by atoms with E-state index in [0.29, 0.717) is 11.6 Å². The number of hydrogen-bond donors (Lipinski definition) is 1. The van der Waals surface area contributed by atoms with Crippen molar-refractivity contribution in [3.63, 3.8) is 0 Å². The molecule has 3 rings (SSSR count). The highest BCUT2D eigenvalue weighted by Crippen LogP contribution is 2.18. The minimum Gasteiger partial charge on any atom is -0.381 e. The monoisotopic (exact) mass is 268 g/mol. The molecule has 0 spiro atoms. The third-order valence-corrected chi connectivity index (χ3v) is 3.13. The molecule has 6 heteroatoms. The fourth-order valence-corrected chi connectivity index (χ4v) is 2.10. The molecular weight excluding hydrogens is 252 g/mol. The third-order valence-electron chi connectivity index (χ3n) is 3.13. The Morgan fingerprint density at radius 3 is 2.35 bits per heavy atom. The van der Waals surface area contributed by atoms with Crippen molar-refractivity contribution in [2.24, 2.45) is 0 Å². The van der Waals surface area contributed by atoms with E-state index in [4.69, 9.17) is 5.73 Å². The van der Waals surface area contributed by atoms with E-state index >= 15 is 0 Å². The van der Waals surface area contributed by atoms with E-state index in [9.17, 15) is 0 Å². The van der Waals surface area contributed by atoms with Gasteiger partial charge in [-0.05, 0) is 12.1 Å². The number of benzene rings is 1. The third kappa shape index (κ3) is 1.99. The summed E-state index contributed by atoms with van der Waals surface area (Å²) in [5.41, 5.74) is 7.61. The summed E-state index contributed by atoms with van der Waals surface area (Å²) in [5.74, 6) is 2.55. The lowest BCUT2D eigenvalue weighted by atomic mass is 10.3. The average Bonchev–Trinajstić information content (AvgIpc) is 2.89. The number of hydrogen-bond acceptors (Lipinski definition) is 5. The Labute approximate surface area is 116 Å². The second kappa shape index (κ2) is 4.88. The zero-order chi connectivity index (χ0) is 14.1. The highest BCUT2D eigenvalue weighted by Gasteiger charge is 2.14. The predicted molar refractivity (Wildman–Crippen MR) is 77.6 cm³/mol. The maximum atomic E-state index is 6.03. The van der Waals surface area contributed by atoms with Gasteiger partial charge in [0, 0.05) is 12.8 Å². The number of anilines is 1. The van der Waals surface area contributed by atoms with Gasteiger partial charge in [-0.1, -0.05) is 26.0 Å². The van der Waals surface area contributed by atoms with Crippen molar-refractivity contribution in [3.8, 4) is 5.82 Å². The van der Waals surface area contributed by atoms with Crippen molar-refractivity contribution in [1.82, 2.24) is 24.7 Å². The standard InChI is InChI=1S/C14H16N6/c1-3-11-18-12(4-2)20(19-11)14-13(15)16-9-7-5-6-8-10(9)17-14/h5-8H,3-4H2,1-2H3,(H2,15,16). The Morgan fingerprint density at radius 2 is 1.70 bits per heavy atom. The average molecular weight is 268 g/mol.